The Morgan fingerprint density at radius 2 is 1.50 bits per heavy atom. The van der Waals surface area contributed by atoms with Crippen molar-refractivity contribution in [3.63, 3.8) is 0 Å². The average Bonchev–Trinajstić information content (AvgIpc) is 2.98. The number of amides is 2. The maximum Gasteiger partial charge on any atom is 0.328 e. The highest BCUT2D eigenvalue weighted by molar-refractivity contribution is 6.30. The van der Waals surface area contributed by atoms with E-state index in [9.17, 15) is 19.2 Å². The van der Waals surface area contributed by atoms with Crippen molar-refractivity contribution in [3.05, 3.63) is 76.8 Å². The zero-order valence-corrected chi connectivity index (χ0v) is 25.3. The van der Waals surface area contributed by atoms with Gasteiger partial charge >= 0.3 is 11.9 Å². The first-order chi connectivity index (χ1) is 20.0. The Bertz CT molecular complexity index is 1180. The van der Waals surface area contributed by atoms with E-state index in [1.165, 1.54) is 5.56 Å². The first kappa shape index (κ1) is 34.8. The number of ether oxygens (including phenoxy) is 1. The second-order valence-corrected chi connectivity index (χ2v) is 10.4. The highest BCUT2D eigenvalue weighted by atomic mass is 35.5. The van der Waals surface area contributed by atoms with E-state index < -0.39 is 11.9 Å². The summed E-state index contributed by atoms with van der Waals surface area (Å²) in [5.41, 5.74) is 2.59. The molecule has 2 aromatic rings. The van der Waals surface area contributed by atoms with Crippen molar-refractivity contribution in [2.24, 2.45) is 0 Å². The smallest absolute Gasteiger partial charge is 0.328 e. The third kappa shape index (κ3) is 12.6. The maximum atomic E-state index is 13.0. The largest absolute Gasteiger partial charge is 0.478 e. The summed E-state index contributed by atoms with van der Waals surface area (Å²) in [6.07, 6.45) is 2.17. The van der Waals surface area contributed by atoms with Crippen molar-refractivity contribution < 1.29 is 34.1 Å². The topological polar surface area (TPSA) is 128 Å². The summed E-state index contributed by atoms with van der Waals surface area (Å²) in [6.45, 7) is 8.80. The molecule has 0 saturated carbocycles. The zero-order chi connectivity index (χ0) is 31.1. The molecule has 2 N–H and O–H groups in total. The molecule has 1 aliphatic rings. The predicted octanol–water partition coefficient (Wildman–Crippen LogP) is 4.05. The van der Waals surface area contributed by atoms with Gasteiger partial charge in [0.1, 0.15) is 5.88 Å². The minimum atomic E-state index is -1.26. The summed E-state index contributed by atoms with van der Waals surface area (Å²) >= 11 is 11.8. The van der Waals surface area contributed by atoms with Crippen LogP contribution in [0.1, 0.15) is 29.8 Å². The Labute approximate surface area is 256 Å². The standard InChI is InChI=1S/C26H33Cl2N3O3.C4H4O4/c1-20(2)34-18-17-31(25(32)19-27)24-9-5-22(6-10-24)26(33)30-15-13-29(14-16-30)12-11-21-3-7-23(28)8-4-21;5-3(6)1-2-4(7)8/h3-10,20H,11-19H2,1-2H3;1-2H,(H,5,6)(H,7,8). The van der Waals surface area contributed by atoms with Crippen LogP contribution in [0.5, 0.6) is 0 Å². The zero-order valence-electron chi connectivity index (χ0n) is 23.7. The Morgan fingerprint density at radius 1 is 0.929 bits per heavy atom. The van der Waals surface area contributed by atoms with Gasteiger partial charge in [0.15, 0.2) is 0 Å². The number of piperazine rings is 1. The Morgan fingerprint density at radius 3 is 2.00 bits per heavy atom. The number of nitrogens with zero attached hydrogens (tertiary/aromatic N) is 3. The van der Waals surface area contributed by atoms with Gasteiger partial charge in [-0.15, -0.1) is 11.6 Å². The van der Waals surface area contributed by atoms with Crippen LogP contribution in [-0.2, 0) is 25.5 Å². The monoisotopic (exact) mass is 621 g/mol. The van der Waals surface area contributed by atoms with Gasteiger partial charge in [0, 0.05) is 67.7 Å². The van der Waals surface area contributed by atoms with Crippen LogP contribution in [0, 0.1) is 0 Å². The first-order valence-corrected chi connectivity index (χ1v) is 14.4. The van der Waals surface area contributed by atoms with Crippen molar-refractivity contribution in [2.45, 2.75) is 26.4 Å². The molecule has 10 nitrogen and oxygen atoms in total. The van der Waals surface area contributed by atoms with Crippen LogP contribution >= 0.6 is 23.2 Å². The Balaban J connectivity index is 0.000000675. The fourth-order valence-corrected chi connectivity index (χ4v) is 4.34. The number of carboxylic acids is 2. The quantitative estimate of drug-likeness (QED) is 0.268. The van der Waals surface area contributed by atoms with Crippen LogP contribution in [0.3, 0.4) is 0 Å². The van der Waals surface area contributed by atoms with Gasteiger partial charge in [-0.25, -0.2) is 9.59 Å². The number of carbonyl (C=O) groups is 4. The van der Waals surface area contributed by atoms with E-state index in [4.69, 9.17) is 38.2 Å². The van der Waals surface area contributed by atoms with Crippen LogP contribution in [0.4, 0.5) is 5.69 Å². The molecule has 1 aliphatic heterocycles. The molecule has 0 radical (unpaired) electrons. The molecule has 0 bridgehead atoms. The first-order valence-electron chi connectivity index (χ1n) is 13.5. The van der Waals surface area contributed by atoms with Crippen molar-refractivity contribution in [2.75, 3.05) is 56.7 Å². The van der Waals surface area contributed by atoms with Crippen molar-refractivity contribution in [1.29, 1.82) is 0 Å². The van der Waals surface area contributed by atoms with Crippen molar-refractivity contribution in [1.82, 2.24) is 9.80 Å². The van der Waals surface area contributed by atoms with E-state index in [2.05, 4.69) is 17.0 Å². The molecule has 2 aromatic carbocycles. The second kappa shape index (κ2) is 18.2. The minimum Gasteiger partial charge on any atom is -0.478 e. The average molecular weight is 623 g/mol. The van der Waals surface area contributed by atoms with E-state index in [0.29, 0.717) is 49.6 Å². The molecule has 0 aromatic heterocycles. The van der Waals surface area contributed by atoms with Gasteiger partial charge < -0.3 is 24.7 Å². The summed E-state index contributed by atoms with van der Waals surface area (Å²) in [4.78, 5) is 50.3. The number of hydrogen-bond donors (Lipinski definition) is 2. The van der Waals surface area contributed by atoms with E-state index in [-0.39, 0.29) is 23.8 Å². The predicted molar refractivity (Wildman–Crippen MR) is 163 cm³/mol. The number of aliphatic carboxylic acids is 2. The minimum absolute atomic E-state index is 0.0160. The van der Waals surface area contributed by atoms with Crippen LogP contribution < -0.4 is 4.90 Å². The molecule has 0 atom stereocenters. The molecule has 3 rings (SSSR count). The van der Waals surface area contributed by atoms with Gasteiger partial charge in [-0.1, -0.05) is 23.7 Å². The lowest BCUT2D eigenvalue weighted by Gasteiger charge is -2.35. The fourth-order valence-electron chi connectivity index (χ4n) is 4.07. The van der Waals surface area contributed by atoms with Gasteiger partial charge in [-0.3, -0.25) is 14.5 Å². The number of alkyl halides is 1. The fraction of sp³-hybridized carbons (Fsp3) is 0.400. The van der Waals surface area contributed by atoms with E-state index in [1.807, 2.05) is 30.9 Å². The molecule has 12 heteroatoms. The van der Waals surface area contributed by atoms with Crippen molar-refractivity contribution >= 4 is 52.6 Å². The number of anilines is 1. The Kier molecular flexibility index (Phi) is 15.0. The molecule has 1 saturated heterocycles. The molecule has 0 aliphatic carbocycles. The van der Waals surface area contributed by atoms with E-state index >= 15 is 0 Å². The highest BCUT2D eigenvalue weighted by Gasteiger charge is 2.22. The Hall–Kier alpha value is -3.44. The highest BCUT2D eigenvalue weighted by Crippen LogP contribution is 2.18. The molecule has 228 valence electrons. The summed E-state index contributed by atoms with van der Waals surface area (Å²) in [5.74, 6) is -2.80. The lowest BCUT2D eigenvalue weighted by molar-refractivity contribution is -0.134. The summed E-state index contributed by atoms with van der Waals surface area (Å²) < 4.78 is 5.58. The number of benzene rings is 2. The van der Waals surface area contributed by atoms with Crippen LogP contribution in [0.2, 0.25) is 5.02 Å². The maximum absolute atomic E-state index is 13.0. The number of carboxylic acid groups (broad SMARTS) is 2. The third-order valence-electron chi connectivity index (χ3n) is 6.27. The molecular weight excluding hydrogens is 585 g/mol. The molecule has 0 unspecified atom stereocenters. The van der Waals surface area contributed by atoms with E-state index in [0.717, 1.165) is 31.1 Å². The number of hydrogen-bond acceptors (Lipinski definition) is 6. The van der Waals surface area contributed by atoms with Gasteiger partial charge in [0.2, 0.25) is 5.91 Å². The van der Waals surface area contributed by atoms with Crippen LogP contribution in [0.15, 0.2) is 60.7 Å². The van der Waals surface area contributed by atoms with Crippen molar-refractivity contribution in [3.8, 4) is 0 Å². The molecule has 42 heavy (non-hydrogen) atoms. The number of carbonyl (C=O) groups excluding carboxylic acids is 2. The lowest BCUT2D eigenvalue weighted by atomic mass is 10.1. The molecular formula is C30H37Cl2N3O7. The molecule has 1 fully saturated rings. The summed E-state index contributed by atoms with van der Waals surface area (Å²) in [5, 5.41) is 16.4. The van der Waals surface area contributed by atoms with Gasteiger partial charge in [-0.05, 0) is 62.2 Å². The number of halogens is 2. The van der Waals surface area contributed by atoms with Gasteiger partial charge in [0.25, 0.3) is 5.91 Å². The van der Waals surface area contributed by atoms with Gasteiger partial charge in [0.05, 0.1) is 12.7 Å². The molecule has 0 spiro atoms. The molecule has 2 amide bonds. The summed E-state index contributed by atoms with van der Waals surface area (Å²) in [7, 11) is 0. The normalized spacial score (nSPS) is 13.5. The van der Waals surface area contributed by atoms with Crippen LogP contribution in [-0.4, -0.2) is 102 Å². The van der Waals surface area contributed by atoms with E-state index in [1.54, 1.807) is 29.2 Å². The van der Waals surface area contributed by atoms with Crippen LogP contribution in [0.25, 0.3) is 0 Å². The van der Waals surface area contributed by atoms with Gasteiger partial charge in [-0.2, -0.15) is 0 Å². The summed E-state index contributed by atoms with van der Waals surface area (Å²) in [6, 6.07) is 15.1. The lowest BCUT2D eigenvalue weighted by Crippen LogP contribution is -2.49. The SMILES string of the molecule is CC(C)OCCN(C(=O)CCl)c1ccc(C(=O)N2CCN(CCc3ccc(Cl)cc3)CC2)cc1.O=C(O)C=CC(=O)O. The molecule has 1 heterocycles. The number of rotatable bonds is 12. The second-order valence-electron chi connectivity index (χ2n) is 9.67. The third-order valence-corrected chi connectivity index (χ3v) is 6.75.